The zero-order valence-corrected chi connectivity index (χ0v) is 12.0. The monoisotopic (exact) mass is 301 g/mol. The minimum absolute atomic E-state index is 0.326. The smallest absolute Gasteiger partial charge is 0.162 e. The van der Waals surface area contributed by atoms with Gasteiger partial charge in [0.15, 0.2) is 11.5 Å². The normalized spacial score (nSPS) is 13.3. The van der Waals surface area contributed by atoms with E-state index in [0.717, 1.165) is 17.1 Å². The summed E-state index contributed by atoms with van der Waals surface area (Å²) < 4.78 is 24.4. The number of hydrogen-bond acceptors (Lipinski definition) is 4. The molecule has 0 atom stereocenters. The topological polar surface area (TPSA) is 42.2 Å². The van der Waals surface area contributed by atoms with Crippen LogP contribution in [0.1, 0.15) is 12.0 Å². The van der Waals surface area contributed by atoms with Crippen LogP contribution >= 0.6 is 11.8 Å². The largest absolute Gasteiger partial charge is 0.490 e. The average Bonchev–Trinajstić information content (AvgIpc) is 2.74. The molecule has 0 saturated heterocycles. The third-order valence-corrected chi connectivity index (χ3v) is 4.07. The summed E-state index contributed by atoms with van der Waals surface area (Å²) >= 11 is 1.40. The maximum Gasteiger partial charge on any atom is 0.162 e. The predicted octanol–water partition coefficient (Wildman–Crippen LogP) is 4.01. The van der Waals surface area contributed by atoms with Gasteiger partial charge in [0, 0.05) is 16.2 Å². The second-order valence-electron chi connectivity index (χ2n) is 4.51. The molecule has 3 nitrogen and oxygen atoms in total. The first-order valence-corrected chi connectivity index (χ1v) is 7.35. The Bertz CT molecular complexity index is 712. The Hall–Kier alpha value is -2.19. The highest BCUT2D eigenvalue weighted by Crippen LogP contribution is 2.37. The van der Waals surface area contributed by atoms with Crippen molar-refractivity contribution in [1.82, 2.24) is 0 Å². The van der Waals surface area contributed by atoms with Gasteiger partial charge in [-0.05, 0) is 36.4 Å². The minimum atomic E-state index is -0.408. The van der Waals surface area contributed by atoms with E-state index in [4.69, 9.17) is 14.7 Å². The molecule has 0 aromatic heterocycles. The lowest BCUT2D eigenvalue weighted by Gasteiger charge is -2.09. The van der Waals surface area contributed by atoms with Crippen LogP contribution in [0.15, 0.2) is 46.2 Å². The van der Waals surface area contributed by atoms with Gasteiger partial charge in [-0.3, -0.25) is 0 Å². The summed E-state index contributed by atoms with van der Waals surface area (Å²) in [6, 6.07) is 11.9. The molecule has 106 valence electrons. The van der Waals surface area contributed by atoms with E-state index in [1.54, 1.807) is 6.07 Å². The summed E-state index contributed by atoms with van der Waals surface area (Å²) in [6.45, 7) is 1.27. The van der Waals surface area contributed by atoms with Crippen molar-refractivity contribution in [3.05, 3.63) is 47.8 Å². The van der Waals surface area contributed by atoms with E-state index in [2.05, 4.69) is 0 Å². The number of hydrogen-bond donors (Lipinski definition) is 0. The summed E-state index contributed by atoms with van der Waals surface area (Å²) in [6.07, 6.45) is 0.855. The number of benzene rings is 2. The van der Waals surface area contributed by atoms with E-state index < -0.39 is 5.82 Å². The quantitative estimate of drug-likeness (QED) is 0.840. The van der Waals surface area contributed by atoms with Gasteiger partial charge in [-0.2, -0.15) is 5.26 Å². The third kappa shape index (κ3) is 3.11. The number of rotatable bonds is 2. The molecule has 21 heavy (non-hydrogen) atoms. The van der Waals surface area contributed by atoms with E-state index >= 15 is 0 Å². The molecule has 0 fully saturated rings. The van der Waals surface area contributed by atoms with Gasteiger partial charge in [0.05, 0.1) is 18.8 Å². The molecule has 1 heterocycles. The molecule has 1 aliphatic rings. The van der Waals surface area contributed by atoms with Gasteiger partial charge in [0.25, 0.3) is 0 Å². The van der Waals surface area contributed by atoms with Crippen LogP contribution < -0.4 is 9.47 Å². The molecule has 2 aromatic carbocycles. The van der Waals surface area contributed by atoms with Crippen LogP contribution in [0.25, 0.3) is 0 Å². The fraction of sp³-hybridized carbons (Fsp3) is 0.188. The van der Waals surface area contributed by atoms with Crippen molar-refractivity contribution in [3.63, 3.8) is 0 Å². The zero-order valence-electron chi connectivity index (χ0n) is 11.1. The van der Waals surface area contributed by atoms with Crippen molar-refractivity contribution >= 4 is 11.8 Å². The highest BCUT2D eigenvalue weighted by molar-refractivity contribution is 7.99. The Balaban J connectivity index is 1.89. The molecule has 3 rings (SSSR count). The first kappa shape index (κ1) is 13.8. The van der Waals surface area contributed by atoms with Crippen LogP contribution in [0.3, 0.4) is 0 Å². The Morgan fingerprint density at radius 2 is 1.86 bits per heavy atom. The second-order valence-corrected chi connectivity index (χ2v) is 5.63. The maximum atomic E-state index is 13.1. The van der Waals surface area contributed by atoms with Gasteiger partial charge >= 0.3 is 0 Å². The van der Waals surface area contributed by atoms with Crippen LogP contribution in [0, 0.1) is 17.1 Å². The predicted molar refractivity (Wildman–Crippen MR) is 77.3 cm³/mol. The van der Waals surface area contributed by atoms with Gasteiger partial charge in [0.2, 0.25) is 0 Å². The standard InChI is InChI=1S/C16H12FNO2S/c17-12-2-5-16(11(8-12)10-18)21-13-3-4-14-15(9-13)20-7-1-6-19-14/h2-5,8-9H,1,6-7H2. The number of nitrogens with zero attached hydrogens (tertiary/aromatic N) is 1. The molecule has 0 bridgehead atoms. The Morgan fingerprint density at radius 3 is 2.67 bits per heavy atom. The molecule has 1 aliphatic heterocycles. The molecule has 0 saturated carbocycles. The van der Waals surface area contributed by atoms with Crippen molar-refractivity contribution < 1.29 is 13.9 Å². The van der Waals surface area contributed by atoms with E-state index in [1.165, 1.54) is 23.9 Å². The summed E-state index contributed by atoms with van der Waals surface area (Å²) in [4.78, 5) is 1.63. The first-order chi connectivity index (χ1) is 10.3. The molecule has 0 spiro atoms. The summed E-state index contributed by atoms with van der Waals surface area (Å²) in [5.74, 6) is 1.03. The lowest BCUT2D eigenvalue weighted by atomic mass is 10.2. The summed E-state index contributed by atoms with van der Waals surface area (Å²) in [5.41, 5.74) is 0.326. The summed E-state index contributed by atoms with van der Waals surface area (Å²) in [7, 11) is 0. The van der Waals surface area contributed by atoms with Crippen molar-refractivity contribution in [2.24, 2.45) is 0 Å². The molecular formula is C16H12FNO2S. The molecule has 2 aromatic rings. The fourth-order valence-electron chi connectivity index (χ4n) is 2.01. The van der Waals surface area contributed by atoms with Crippen LogP contribution in [0.4, 0.5) is 4.39 Å². The van der Waals surface area contributed by atoms with Crippen LogP contribution in [-0.4, -0.2) is 13.2 Å². The zero-order chi connectivity index (χ0) is 14.7. The number of nitriles is 1. The van der Waals surface area contributed by atoms with Gasteiger partial charge in [-0.25, -0.2) is 4.39 Å². The van der Waals surface area contributed by atoms with Crippen molar-refractivity contribution in [1.29, 1.82) is 5.26 Å². The Labute approximate surface area is 126 Å². The average molecular weight is 301 g/mol. The van der Waals surface area contributed by atoms with Crippen molar-refractivity contribution in [2.45, 2.75) is 16.2 Å². The van der Waals surface area contributed by atoms with Gasteiger partial charge in [-0.15, -0.1) is 0 Å². The van der Waals surface area contributed by atoms with Crippen LogP contribution in [0.5, 0.6) is 11.5 Å². The lowest BCUT2D eigenvalue weighted by molar-refractivity contribution is 0.297. The molecule has 0 amide bonds. The van der Waals surface area contributed by atoms with Crippen LogP contribution in [0.2, 0.25) is 0 Å². The second kappa shape index (κ2) is 6.06. The summed E-state index contributed by atoms with van der Waals surface area (Å²) in [5, 5.41) is 9.08. The van der Waals surface area contributed by atoms with E-state index in [0.29, 0.717) is 29.4 Å². The molecule has 0 N–H and O–H groups in total. The van der Waals surface area contributed by atoms with Crippen molar-refractivity contribution in [2.75, 3.05) is 13.2 Å². The number of fused-ring (bicyclic) bond motifs is 1. The Morgan fingerprint density at radius 1 is 1.05 bits per heavy atom. The molecule has 5 heteroatoms. The van der Waals surface area contributed by atoms with Gasteiger partial charge in [-0.1, -0.05) is 11.8 Å². The first-order valence-electron chi connectivity index (χ1n) is 6.53. The molecule has 0 radical (unpaired) electrons. The molecular weight excluding hydrogens is 289 g/mol. The molecule has 0 unspecified atom stereocenters. The van der Waals surface area contributed by atoms with Crippen LogP contribution in [-0.2, 0) is 0 Å². The van der Waals surface area contributed by atoms with E-state index in [-0.39, 0.29) is 0 Å². The fourth-order valence-corrected chi connectivity index (χ4v) is 2.92. The number of halogens is 1. The Kier molecular flexibility index (Phi) is 3.98. The minimum Gasteiger partial charge on any atom is -0.490 e. The van der Waals surface area contributed by atoms with Gasteiger partial charge in [0.1, 0.15) is 11.9 Å². The molecule has 0 aliphatic carbocycles. The van der Waals surface area contributed by atoms with Crippen molar-refractivity contribution in [3.8, 4) is 17.6 Å². The lowest BCUT2D eigenvalue weighted by Crippen LogP contribution is -1.97. The number of ether oxygens (including phenoxy) is 2. The highest BCUT2D eigenvalue weighted by atomic mass is 32.2. The van der Waals surface area contributed by atoms with Gasteiger partial charge < -0.3 is 9.47 Å². The maximum absolute atomic E-state index is 13.1. The third-order valence-electron chi connectivity index (χ3n) is 3.01. The van der Waals surface area contributed by atoms with E-state index in [9.17, 15) is 4.39 Å². The SMILES string of the molecule is N#Cc1cc(F)ccc1Sc1ccc2c(c1)OCCCO2. The highest BCUT2D eigenvalue weighted by Gasteiger charge is 2.12. The van der Waals surface area contributed by atoms with E-state index in [1.807, 2.05) is 24.3 Å².